The highest BCUT2D eigenvalue weighted by molar-refractivity contribution is 9.10. The van der Waals surface area contributed by atoms with Gasteiger partial charge in [-0.2, -0.15) is 0 Å². The predicted octanol–water partition coefficient (Wildman–Crippen LogP) is 10.3. The zero-order valence-corrected chi connectivity index (χ0v) is 29.4. The number of amides is 4. The van der Waals surface area contributed by atoms with Crippen molar-refractivity contribution in [2.24, 2.45) is 0 Å². The van der Waals surface area contributed by atoms with Gasteiger partial charge in [0.25, 0.3) is 23.6 Å². The molecule has 0 aliphatic carbocycles. The average molecular weight is 700 g/mol. The minimum absolute atomic E-state index is 0.185. The lowest BCUT2D eigenvalue weighted by Gasteiger charge is -2.34. The quantitative estimate of drug-likeness (QED) is 0.0985. The molecule has 2 aliphatic rings. The molecule has 0 saturated heterocycles. The van der Waals surface area contributed by atoms with E-state index in [-0.39, 0.29) is 41.5 Å². The molecule has 0 bridgehead atoms. The third kappa shape index (κ3) is 3.97. The average Bonchev–Trinajstić information content (AvgIpc) is 3.07. The van der Waals surface area contributed by atoms with Gasteiger partial charge in [-0.3, -0.25) is 24.1 Å². The van der Waals surface area contributed by atoms with Crippen LogP contribution in [0.25, 0.3) is 43.1 Å². The number of carbonyl (C=O) groups is 4. The van der Waals surface area contributed by atoms with E-state index in [1.807, 2.05) is 68.4 Å². The van der Waals surface area contributed by atoms with E-state index in [9.17, 15) is 19.2 Å². The summed E-state index contributed by atoms with van der Waals surface area (Å²) in [6, 6.07) is 19.0. The van der Waals surface area contributed by atoms with Crippen LogP contribution >= 0.6 is 15.9 Å². The Hall–Kier alpha value is -4.62. The topological polar surface area (TPSA) is 74.8 Å². The van der Waals surface area contributed by atoms with E-state index in [1.54, 1.807) is 0 Å². The monoisotopic (exact) mass is 698 g/mol. The van der Waals surface area contributed by atoms with Crippen LogP contribution in [-0.4, -0.2) is 34.6 Å². The van der Waals surface area contributed by atoms with Crippen molar-refractivity contribution < 1.29 is 19.2 Å². The van der Waals surface area contributed by atoms with Gasteiger partial charge in [-0.15, -0.1) is 0 Å². The summed E-state index contributed by atoms with van der Waals surface area (Å²) < 4.78 is 0.726. The summed E-state index contributed by atoms with van der Waals surface area (Å²) >= 11 is 3.81. The minimum Gasteiger partial charge on any atom is -0.271 e. The first-order valence-corrected chi connectivity index (χ1v) is 17.6. The van der Waals surface area contributed by atoms with Gasteiger partial charge in [0, 0.05) is 54.3 Å². The Morgan fingerprint density at radius 3 is 1.56 bits per heavy atom. The van der Waals surface area contributed by atoms with Gasteiger partial charge in [-0.1, -0.05) is 81.7 Å². The number of anilines is 1. The summed E-state index contributed by atoms with van der Waals surface area (Å²) in [4.78, 5) is 59.4. The van der Waals surface area contributed by atoms with Gasteiger partial charge in [0.05, 0.1) is 5.69 Å². The molecule has 0 spiro atoms. The van der Waals surface area contributed by atoms with Crippen molar-refractivity contribution in [3.05, 3.63) is 98.5 Å². The summed E-state index contributed by atoms with van der Waals surface area (Å²) in [7, 11) is 0. The first-order valence-electron chi connectivity index (χ1n) is 16.8. The zero-order chi connectivity index (χ0) is 33.9. The van der Waals surface area contributed by atoms with Crippen molar-refractivity contribution in [3.8, 4) is 0 Å². The highest BCUT2D eigenvalue weighted by Crippen LogP contribution is 2.49. The smallest absolute Gasteiger partial charge is 0.265 e. The fourth-order valence-electron chi connectivity index (χ4n) is 8.01. The molecule has 4 amide bonds. The van der Waals surface area contributed by atoms with E-state index in [0.29, 0.717) is 51.6 Å². The number of fused-ring (bicyclic) bond motifs is 2. The molecule has 48 heavy (non-hydrogen) atoms. The molecule has 2 heterocycles. The summed E-state index contributed by atoms with van der Waals surface area (Å²) in [5, 5.41) is 6.40. The number of halogens is 1. The number of hydrogen-bond acceptors (Lipinski definition) is 4. The molecule has 2 aliphatic heterocycles. The van der Waals surface area contributed by atoms with Crippen LogP contribution in [0, 0.1) is 0 Å². The molecule has 0 aromatic heterocycles. The van der Waals surface area contributed by atoms with Gasteiger partial charge in [0.1, 0.15) is 0 Å². The maximum Gasteiger partial charge on any atom is 0.265 e. The predicted molar refractivity (Wildman–Crippen MR) is 196 cm³/mol. The van der Waals surface area contributed by atoms with Gasteiger partial charge < -0.3 is 0 Å². The largest absolute Gasteiger partial charge is 0.271 e. The van der Waals surface area contributed by atoms with E-state index < -0.39 is 0 Å². The molecule has 240 valence electrons. The Labute approximate surface area is 287 Å². The molecule has 6 aromatic rings. The molecule has 0 unspecified atom stereocenters. The molecule has 0 atom stereocenters. The molecule has 0 fully saturated rings. The van der Waals surface area contributed by atoms with Crippen LogP contribution in [-0.2, 0) is 0 Å². The van der Waals surface area contributed by atoms with Crippen LogP contribution < -0.4 is 4.90 Å². The second-order valence-corrected chi connectivity index (χ2v) is 14.7. The van der Waals surface area contributed by atoms with Crippen LogP contribution in [0.1, 0.15) is 119 Å². The number of imide groups is 2. The van der Waals surface area contributed by atoms with E-state index in [0.717, 1.165) is 47.9 Å². The van der Waals surface area contributed by atoms with Crippen molar-refractivity contribution in [1.29, 1.82) is 0 Å². The second kappa shape index (κ2) is 10.7. The van der Waals surface area contributed by atoms with Gasteiger partial charge in [-0.05, 0) is 93.7 Å². The van der Waals surface area contributed by atoms with Gasteiger partial charge in [-0.25, -0.2) is 4.90 Å². The molecule has 6 aromatic carbocycles. The lowest BCUT2D eigenvalue weighted by molar-refractivity contribution is 0.0529. The summed E-state index contributed by atoms with van der Waals surface area (Å²) in [5.74, 6) is -0.783. The lowest BCUT2D eigenvalue weighted by atomic mass is 9.82. The number of hydrogen-bond donors (Lipinski definition) is 0. The van der Waals surface area contributed by atoms with Gasteiger partial charge in [0.15, 0.2) is 0 Å². The zero-order valence-electron chi connectivity index (χ0n) is 27.8. The maximum absolute atomic E-state index is 14.4. The van der Waals surface area contributed by atoms with Crippen molar-refractivity contribution in [1.82, 2.24) is 4.90 Å². The van der Waals surface area contributed by atoms with Crippen LogP contribution in [0.2, 0.25) is 0 Å². The third-order valence-corrected chi connectivity index (χ3v) is 11.2. The Balaban J connectivity index is 1.40. The molecular formula is C41H35BrN2O4. The molecule has 6 nitrogen and oxygen atoms in total. The number of benzene rings is 6. The van der Waals surface area contributed by atoms with Crippen LogP contribution in [0.15, 0.2) is 65.1 Å². The van der Waals surface area contributed by atoms with Gasteiger partial charge >= 0.3 is 0 Å². The summed E-state index contributed by atoms with van der Waals surface area (Å²) in [6.45, 7) is 12.4. The van der Waals surface area contributed by atoms with E-state index in [1.165, 1.54) is 9.80 Å². The van der Waals surface area contributed by atoms with Crippen LogP contribution in [0.3, 0.4) is 0 Å². The minimum atomic E-state index is -0.348. The number of rotatable bonds is 6. The van der Waals surface area contributed by atoms with Crippen molar-refractivity contribution in [2.45, 2.75) is 72.3 Å². The third-order valence-electron chi connectivity index (χ3n) is 10.6. The molecule has 0 saturated carbocycles. The van der Waals surface area contributed by atoms with Crippen LogP contribution in [0.4, 0.5) is 5.69 Å². The SMILES string of the molecule is CCC(CC)N1C(=O)c2ccc3c4ccc5c6c(ccc(c7c(Br)cc(c2c37)C1=O)c64)C(=O)N(c1cc(C(C)C)cc(C(C)C)c1)C5=O. The van der Waals surface area contributed by atoms with Crippen LogP contribution in [0.5, 0.6) is 0 Å². The highest BCUT2D eigenvalue weighted by atomic mass is 79.9. The molecular weight excluding hydrogens is 664 g/mol. The van der Waals surface area contributed by atoms with Crippen molar-refractivity contribution in [3.63, 3.8) is 0 Å². The fraction of sp³-hybridized carbons (Fsp3) is 0.268. The maximum atomic E-state index is 14.4. The molecule has 0 N–H and O–H groups in total. The van der Waals surface area contributed by atoms with E-state index >= 15 is 0 Å². The Bertz CT molecular complexity index is 2390. The second-order valence-electron chi connectivity index (χ2n) is 13.8. The first-order chi connectivity index (χ1) is 23.0. The number of nitrogens with zero attached hydrogens (tertiary/aromatic N) is 2. The highest BCUT2D eigenvalue weighted by Gasteiger charge is 2.39. The first kappa shape index (κ1) is 30.7. The Morgan fingerprint density at radius 1 is 0.542 bits per heavy atom. The lowest BCUT2D eigenvalue weighted by Crippen LogP contribution is -2.46. The van der Waals surface area contributed by atoms with Crippen molar-refractivity contribution >= 4 is 88.3 Å². The Kier molecular flexibility index (Phi) is 6.84. The number of carbonyl (C=O) groups excluding carboxylic acids is 4. The molecule has 7 heteroatoms. The van der Waals surface area contributed by atoms with Crippen molar-refractivity contribution in [2.75, 3.05) is 4.90 Å². The van der Waals surface area contributed by atoms with E-state index in [2.05, 4.69) is 49.7 Å². The normalized spacial score (nSPS) is 15.0. The van der Waals surface area contributed by atoms with Gasteiger partial charge in [0.2, 0.25) is 0 Å². The standard InChI is InChI=1S/C41H35BrN2O4/c1-7-23(8-2)43-38(45)30-13-10-26-25-9-12-28-34-29(14-11-27(33(25)34)36-32(42)18-31(41(43)48)35(30)37(26)36)40(47)44(39(28)46)24-16-21(19(3)4)15-22(17-24)20(5)6/h9-20,23H,7-8H2,1-6H3. The van der Waals surface area contributed by atoms with E-state index in [4.69, 9.17) is 0 Å². The Morgan fingerprint density at radius 2 is 1.02 bits per heavy atom. The molecule has 8 rings (SSSR count). The summed E-state index contributed by atoms with van der Waals surface area (Å²) in [5.41, 5.74) is 4.71. The summed E-state index contributed by atoms with van der Waals surface area (Å²) in [6.07, 6.45) is 1.36. The molecule has 0 radical (unpaired) electrons. The fourth-order valence-corrected chi connectivity index (χ4v) is 8.65.